The number of nitro benzene ring substituents is 1. The second-order valence-electron chi connectivity index (χ2n) is 9.14. The van der Waals surface area contributed by atoms with Gasteiger partial charge in [0.25, 0.3) is 11.2 Å². The Balaban J connectivity index is 1.44. The molecule has 1 aromatic heterocycles. The zero-order chi connectivity index (χ0) is 29.1. The normalized spacial score (nSPS) is 14.8. The first-order valence-corrected chi connectivity index (χ1v) is 13.9. The van der Waals surface area contributed by atoms with Crippen LogP contribution in [0.5, 0.6) is 5.75 Å². The molecular formula is C30H24ClN3O6S. The standard InChI is InChI=1S/C30H24ClN3O6S/c1-3-39-29(36)26-18(2)32-30-33(27(26)21-8-10-22(31)11-9-21)28(35)25(41-30)16-19-6-14-24(15-7-19)40-17-20-4-12-23(13-5-20)34(37)38/h4-16,27H,3,17H2,1-2H3/b25-16-/t27-/m0/s1. The minimum absolute atomic E-state index is 0.0233. The summed E-state index contributed by atoms with van der Waals surface area (Å²) in [5, 5.41) is 11.4. The number of carbonyl (C=O) groups excluding carboxylic acids is 1. The topological polar surface area (TPSA) is 113 Å². The number of ether oxygens (including phenoxy) is 2. The van der Waals surface area contributed by atoms with Crippen LogP contribution in [0.2, 0.25) is 5.02 Å². The Morgan fingerprint density at radius 3 is 2.41 bits per heavy atom. The van der Waals surface area contributed by atoms with Crippen LogP contribution in [0.3, 0.4) is 0 Å². The van der Waals surface area contributed by atoms with Crippen molar-refractivity contribution in [2.45, 2.75) is 26.5 Å². The molecule has 1 atom stereocenters. The molecule has 9 nitrogen and oxygen atoms in total. The zero-order valence-corrected chi connectivity index (χ0v) is 23.6. The lowest BCUT2D eigenvalue weighted by atomic mass is 9.96. The van der Waals surface area contributed by atoms with Crippen molar-refractivity contribution >= 4 is 40.7 Å². The minimum atomic E-state index is -0.708. The number of nitrogens with zero attached hydrogens (tertiary/aromatic N) is 3. The second kappa shape index (κ2) is 11.9. The molecule has 0 saturated carbocycles. The number of rotatable bonds is 8. The number of carbonyl (C=O) groups is 1. The van der Waals surface area contributed by atoms with Crippen molar-refractivity contribution in [3.63, 3.8) is 0 Å². The van der Waals surface area contributed by atoms with E-state index in [1.165, 1.54) is 28.0 Å². The molecule has 0 aliphatic carbocycles. The number of esters is 1. The van der Waals surface area contributed by atoms with Crippen molar-refractivity contribution in [1.82, 2.24) is 4.57 Å². The van der Waals surface area contributed by atoms with E-state index in [1.807, 2.05) is 12.1 Å². The monoisotopic (exact) mass is 589 g/mol. The number of fused-ring (bicyclic) bond motifs is 1. The predicted molar refractivity (Wildman–Crippen MR) is 156 cm³/mol. The Bertz CT molecular complexity index is 1830. The van der Waals surface area contributed by atoms with Gasteiger partial charge in [-0.25, -0.2) is 9.79 Å². The molecule has 2 heterocycles. The Hall–Kier alpha value is -4.54. The van der Waals surface area contributed by atoms with E-state index < -0.39 is 16.9 Å². The fourth-order valence-corrected chi connectivity index (χ4v) is 5.62. The van der Waals surface area contributed by atoms with Gasteiger partial charge < -0.3 is 9.47 Å². The van der Waals surface area contributed by atoms with Crippen LogP contribution in [0.15, 0.2) is 93.9 Å². The first-order chi connectivity index (χ1) is 19.7. The summed E-state index contributed by atoms with van der Waals surface area (Å²) in [6, 6.07) is 19.7. The van der Waals surface area contributed by atoms with Crippen molar-refractivity contribution in [2.24, 2.45) is 4.99 Å². The number of hydrogen-bond acceptors (Lipinski definition) is 8. The highest BCUT2D eigenvalue weighted by atomic mass is 35.5. The van der Waals surface area contributed by atoms with Gasteiger partial charge in [-0.1, -0.05) is 47.2 Å². The summed E-state index contributed by atoms with van der Waals surface area (Å²) in [6.45, 7) is 3.91. The van der Waals surface area contributed by atoms with Gasteiger partial charge in [-0.3, -0.25) is 19.5 Å². The third kappa shape index (κ3) is 5.98. The van der Waals surface area contributed by atoms with Gasteiger partial charge in [-0.15, -0.1) is 0 Å². The van der Waals surface area contributed by atoms with Crippen molar-refractivity contribution in [3.05, 3.63) is 136 Å². The molecule has 4 aromatic rings. The van der Waals surface area contributed by atoms with Gasteiger partial charge in [0.15, 0.2) is 4.80 Å². The van der Waals surface area contributed by atoms with Crippen LogP contribution < -0.4 is 19.6 Å². The van der Waals surface area contributed by atoms with Crippen molar-refractivity contribution < 1.29 is 19.2 Å². The average molecular weight is 590 g/mol. The Kier molecular flexibility index (Phi) is 8.14. The van der Waals surface area contributed by atoms with E-state index >= 15 is 0 Å². The number of allylic oxidation sites excluding steroid dienone is 1. The maximum absolute atomic E-state index is 13.7. The van der Waals surface area contributed by atoms with Crippen molar-refractivity contribution in [3.8, 4) is 5.75 Å². The van der Waals surface area contributed by atoms with E-state index in [0.717, 1.165) is 11.1 Å². The Morgan fingerprint density at radius 2 is 1.78 bits per heavy atom. The molecule has 0 fully saturated rings. The van der Waals surface area contributed by atoms with E-state index in [2.05, 4.69) is 4.99 Å². The van der Waals surface area contributed by atoms with E-state index in [1.54, 1.807) is 68.5 Å². The predicted octanol–water partition coefficient (Wildman–Crippen LogP) is 4.94. The lowest BCUT2D eigenvalue weighted by Gasteiger charge is -2.24. The second-order valence-corrected chi connectivity index (χ2v) is 10.6. The van der Waals surface area contributed by atoms with E-state index in [4.69, 9.17) is 21.1 Å². The van der Waals surface area contributed by atoms with Gasteiger partial charge in [-0.05, 0) is 73.0 Å². The molecule has 0 radical (unpaired) electrons. The summed E-state index contributed by atoms with van der Waals surface area (Å²) in [5.74, 6) is 0.0895. The molecule has 0 N–H and O–H groups in total. The fraction of sp³-hybridized carbons (Fsp3) is 0.167. The Morgan fingerprint density at radius 1 is 1.10 bits per heavy atom. The SMILES string of the molecule is CCOC(=O)C1=C(C)N=c2s/c(=C\c3ccc(OCc4ccc([N+](=O)[O-])cc4)cc3)c(=O)n2[C@H]1c1ccc(Cl)cc1. The van der Waals surface area contributed by atoms with Crippen LogP contribution in [-0.2, 0) is 16.1 Å². The molecular weight excluding hydrogens is 566 g/mol. The van der Waals surface area contributed by atoms with E-state index in [0.29, 0.717) is 36.9 Å². The lowest BCUT2D eigenvalue weighted by Crippen LogP contribution is -2.39. The lowest BCUT2D eigenvalue weighted by molar-refractivity contribution is -0.384. The highest BCUT2D eigenvalue weighted by Crippen LogP contribution is 2.31. The van der Waals surface area contributed by atoms with Gasteiger partial charge in [0, 0.05) is 17.2 Å². The summed E-state index contributed by atoms with van der Waals surface area (Å²) < 4.78 is 13.1. The van der Waals surface area contributed by atoms with Crippen LogP contribution in [0.1, 0.15) is 36.6 Å². The van der Waals surface area contributed by atoms with Gasteiger partial charge in [0.05, 0.1) is 33.4 Å². The minimum Gasteiger partial charge on any atom is -0.489 e. The van der Waals surface area contributed by atoms with Crippen LogP contribution >= 0.6 is 22.9 Å². The van der Waals surface area contributed by atoms with Gasteiger partial charge in [0.2, 0.25) is 0 Å². The molecule has 0 amide bonds. The third-order valence-electron chi connectivity index (χ3n) is 6.43. The number of non-ortho nitro benzene ring substituents is 1. The van der Waals surface area contributed by atoms with Crippen LogP contribution in [-0.4, -0.2) is 22.1 Å². The summed E-state index contributed by atoms with van der Waals surface area (Å²) in [6.07, 6.45) is 1.77. The zero-order valence-electron chi connectivity index (χ0n) is 22.1. The number of thiazole rings is 1. The molecule has 0 spiro atoms. The van der Waals surface area contributed by atoms with E-state index in [-0.39, 0.29) is 24.5 Å². The summed E-state index contributed by atoms with van der Waals surface area (Å²) in [4.78, 5) is 42.1. The van der Waals surface area contributed by atoms with Crippen molar-refractivity contribution in [2.75, 3.05) is 6.61 Å². The molecule has 0 bridgehead atoms. The fourth-order valence-electron chi connectivity index (χ4n) is 4.44. The summed E-state index contributed by atoms with van der Waals surface area (Å²) in [5.41, 5.74) is 2.84. The maximum atomic E-state index is 13.7. The summed E-state index contributed by atoms with van der Waals surface area (Å²) >= 11 is 7.35. The maximum Gasteiger partial charge on any atom is 0.338 e. The van der Waals surface area contributed by atoms with Crippen LogP contribution in [0.4, 0.5) is 5.69 Å². The molecule has 41 heavy (non-hydrogen) atoms. The van der Waals surface area contributed by atoms with Crippen molar-refractivity contribution in [1.29, 1.82) is 0 Å². The van der Waals surface area contributed by atoms with Gasteiger partial charge in [0.1, 0.15) is 12.4 Å². The third-order valence-corrected chi connectivity index (χ3v) is 7.67. The highest BCUT2D eigenvalue weighted by Gasteiger charge is 2.33. The summed E-state index contributed by atoms with van der Waals surface area (Å²) in [7, 11) is 0. The molecule has 1 aliphatic rings. The first kappa shape index (κ1) is 28.0. The van der Waals surface area contributed by atoms with Gasteiger partial charge >= 0.3 is 5.97 Å². The number of nitro groups is 1. The number of halogens is 1. The Labute approximate surface area is 243 Å². The molecule has 3 aromatic carbocycles. The largest absolute Gasteiger partial charge is 0.489 e. The molecule has 1 aliphatic heterocycles. The molecule has 5 rings (SSSR count). The number of benzene rings is 3. The van der Waals surface area contributed by atoms with Crippen LogP contribution in [0, 0.1) is 10.1 Å². The van der Waals surface area contributed by atoms with E-state index in [9.17, 15) is 19.7 Å². The van der Waals surface area contributed by atoms with Gasteiger partial charge in [-0.2, -0.15) is 0 Å². The van der Waals surface area contributed by atoms with Crippen LogP contribution in [0.25, 0.3) is 6.08 Å². The highest BCUT2D eigenvalue weighted by molar-refractivity contribution is 7.07. The first-order valence-electron chi connectivity index (χ1n) is 12.7. The molecule has 0 saturated heterocycles. The molecule has 11 heteroatoms. The molecule has 208 valence electrons. The average Bonchev–Trinajstić information content (AvgIpc) is 3.26. The smallest absolute Gasteiger partial charge is 0.338 e. The quantitative estimate of drug-likeness (QED) is 0.163. The number of hydrogen-bond donors (Lipinski definition) is 0. The molecule has 0 unspecified atom stereocenters. The number of aromatic nitrogens is 1.